The minimum atomic E-state index is 0. The van der Waals surface area contributed by atoms with Crippen molar-refractivity contribution in [3.05, 3.63) is 0 Å². The van der Waals surface area contributed by atoms with Crippen molar-refractivity contribution < 1.29 is 38.3 Å². The van der Waals surface area contributed by atoms with Gasteiger partial charge in [0.2, 0.25) is 0 Å². The van der Waals surface area contributed by atoms with Crippen LogP contribution in [0.4, 0.5) is 0 Å². The van der Waals surface area contributed by atoms with Crippen LogP contribution in [0.2, 0.25) is 0 Å². The van der Waals surface area contributed by atoms with Gasteiger partial charge in [-0.05, 0) is 0 Å². The molecule has 0 aliphatic heterocycles. The smallest absolute Gasteiger partial charge is 0.197 e. The van der Waals surface area contributed by atoms with E-state index in [4.69, 9.17) is 4.21 Å². The van der Waals surface area contributed by atoms with Crippen molar-refractivity contribution in [1.29, 1.82) is 0 Å². The van der Waals surface area contributed by atoms with Crippen molar-refractivity contribution in [2.24, 2.45) is 0 Å². The first kappa shape index (κ1) is 19.7. The molecule has 0 rings (SSSR count). The second-order valence-corrected chi connectivity index (χ2v) is 0. The molecule has 0 fully saturated rings. The van der Waals surface area contributed by atoms with E-state index in [0.717, 1.165) is 0 Å². The van der Waals surface area contributed by atoms with Crippen molar-refractivity contribution >= 4 is 12.5 Å². The predicted molar refractivity (Wildman–Crippen MR) is 8.14 cm³/mol. The van der Waals surface area contributed by atoms with Gasteiger partial charge in [0.15, 0.2) is 12.5 Å². The van der Waals surface area contributed by atoms with Crippen LogP contribution in [0.1, 0.15) is 0 Å². The molecular formula is Cu2OS. The van der Waals surface area contributed by atoms with E-state index in [9.17, 15) is 0 Å². The Kier molecular flexibility index (Phi) is 166. The monoisotopic (exact) mass is 174 g/mol. The van der Waals surface area contributed by atoms with Crippen molar-refractivity contribution in [3.8, 4) is 0 Å². The summed E-state index contributed by atoms with van der Waals surface area (Å²) in [5, 5.41) is 0. The van der Waals surface area contributed by atoms with Gasteiger partial charge in [-0.25, -0.2) is 0 Å². The summed E-state index contributed by atoms with van der Waals surface area (Å²) < 4.78 is 7.83. The van der Waals surface area contributed by atoms with Gasteiger partial charge in [-0.1, -0.05) is 0 Å². The SMILES string of the molecule is O=S.[Cu].[Cu]. The van der Waals surface area contributed by atoms with Crippen molar-refractivity contribution in [2.75, 3.05) is 0 Å². The molecular weight excluding hydrogens is 175 g/mol. The number of hydrogen-bond acceptors (Lipinski definition) is 2. The summed E-state index contributed by atoms with van der Waals surface area (Å²) in [6, 6.07) is 0. The Morgan fingerprint density at radius 1 is 1.00 bits per heavy atom. The van der Waals surface area contributed by atoms with Crippen LogP contribution in [0.25, 0.3) is 0 Å². The molecule has 0 amide bonds. The van der Waals surface area contributed by atoms with Crippen molar-refractivity contribution in [2.45, 2.75) is 0 Å². The topological polar surface area (TPSA) is 17.1 Å². The fraction of sp³-hybridized carbons (Fsp3) is 0. The summed E-state index contributed by atoms with van der Waals surface area (Å²) in [5.74, 6) is 0. The summed E-state index contributed by atoms with van der Waals surface area (Å²) in [6.45, 7) is 0. The fourth-order valence-electron chi connectivity index (χ4n) is 0. The minimum absolute atomic E-state index is 0. The minimum Gasteiger partial charge on any atom is -0.197 e. The molecule has 4 heavy (non-hydrogen) atoms. The van der Waals surface area contributed by atoms with Gasteiger partial charge < -0.3 is 0 Å². The summed E-state index contributed by atoms with van der Waals surface area (Å²) >= 11 is 2.83. The Bertz CT molecular complexity index is 6.00. The van der Waals surface area contributed by atoms with Gasteiger partial charge in [0, 0.05) is 34.1 Å². The van der Waals surface area contributed by atoms with E-state index in [0.29, 0.717) is 0 Å². The summed E-state index contributed by atoms with van der Waals surface area (Å²) in [4.78, 5) is 0. The van der Waals surface area contributed by atoms with Crippen LogP contribution in [-0.4, -0.2) is 4.21 Å². The molecule has 0 unspecified atom stereocenters. The Morgan fingerprint density at radius 3 is 1.00 bits per heavy atom. The first-order valence-electron chi connectivity index (χ1n) is 0.167. The normalized spacial score (nSPS) is 1.00. The molecule has 4 heteroatoms. The molecule has 0 spiro atoms. The zero-order valence-electron chi connectivity index (χ0n) is 1.42. The molecule has 0 bridgehead atoms. The molecule has 0 saturated carbocycles. The molecule has 0 aromatic rings. The molecule has 34 valence electrons. The maximum absolute atomic E-state index is 7.83. The van der Waals surface area contributed by atoms with Gasteiger partial charge in [-0.2, -0.15) is 4.21 Å². The molecule has 0 saturated heterocycles. The van der Waals surface area contributed by atoms with Crippen LogP contribution in [-0.2, 0) is 46.7 Å². The largest absolute Gasteiger partial charge is 0.197 e. The second kappa shape index (κ2) is 33.9. The van der Waals surface area contributed by atoms with E-state index in [1.165, 1.54) is 0 Å². The van der Waals surface area contributed by atoms with Crippen LogP contribution in [0.15, 0.2) is 0 Å². The molecule has 0 aromatic carbocycles. The maximum Gasteiger partial charge on any atom is 0.197 e. The van der Waals surface area contributed by atoms with Gasteiger partial charge >= 0.3 is 0 Å². The quantitative estimate of drug-likeness (QED) is 0.468. The molecule has 0 atom stereocenters. The van der Waals surface area contributed by atoms with Gasteiger partial charge in [0.25, 0.3) is 0 Å². The van der Waals surface area contributed by atoms with E-state index in [1.807, 2.05) is 0 Å². The van der Waals surface area contributed by atoms with Crippen molar-refractivity contribution in [1.82, 2.24) is 0 Å². The summed E-state index contributed by atoms with van der Waals surface area (Å²) in [5.41, 5.74) is 0. The standard InChI is InChI=1S/2Cu.OS/c;;1-2. The van der Waals surface area contributed by atoms with E-state index in [-0.39, 0.29) is 34.1 Å². The zero-order chi connectivity index (χ0) is 2.00. The van der Waals surface area contributed by atoms with E-state index < -0.39 is 0 Å². The Morgan fingerprint density at radius 2 is 1.00 bits per heavy atom. The molecule has 0 aliphatic rings. The van der Waals surface area contributed by atoms with Crippen LogP contribution in [0.3, 0.4) is 0 Å². The third-order valence-electron chi connectivity index (χ3n) is 0. The predicted octanol–water partition coefficient (Wildman–Crippen LogP) is -0.341. The first-order chi connectivity index (χ1) is 1.00. The first-order valence-corrected chi connectivity index (χ1v) is 0.500. The molecule has 0 aromatic heterocycles. The molecule has 1 nitrogen and oxygen atoms in total. The third kappa shape index (κ3) is 11.6. The fourth-order valence-corrected chi connectivity index (χ4v) is 0. The van der Waals surface area contributed by atoms with Crippen LogP contribution in [0.5, 0.6) is 0 Å². The number of hydrogen-bond donors (Lipinski definition) is 0. The van der Waals surface area contributed by atoms with Gasteiger partial charge in [0.05, 0.1) is 0 Å². The Balaban J connectivity index is -0.00000000500. The van der Waals surface area contributed by atoms with E-state index in [2.05, 4.69) is 12.5 Å². The van der Waals surface area contributed by atoms with Crippen molar-refractivity contribution in [3.63, 3.8) is 0 Å². The van der Waals surface area contributed by atoms with Gasteiger partial charge in [-0.3, -0.25) is 0 Å². The third-order valence-corrected chi connectivity index (χ3v) is 0. The Hall–Kier alpha value is 1.06. The van der Waals surface area contributed by atoms with Crippen LogP contribution >= 0.6 is 0 Å². The van der Waals surface area contributed by atoms with Crippen LogP contribution in [0, 0.1) is 0 Å². The van der Waals surface area contributed by atoms with Crippen LogP contribution < -0.4 is 0 Å². The second-order valence-electron chi connectivity index (χ2n) is 0. The van der Waals surface area contributed by atoms with E-state index in [1.54, 1.807) is 0 Å². The molecule has 0 heterocycles. The Labute approximate surface area is 51.0 Å². The maximum atomic E-state index is 7.83. The average molecular weight is 175 g/mol. The van der Waals surface area contributed by atoms with E-state index >= 15 is 0 Å². The average Bonchev–Trinajstić information content (AvgIpc) is 1.00. The summed E-state index contributed by atoms with van der Waals surface area (Å²) in [7, 11) is 0. The number of rotatable bonds is 0. The zero-order valence-corrected chi connectivity index (χ0v) is 4.12. The molecule has 2 radical (unpaired) electrons. The van der Waals surface area contributed by atoms with Gasteiger partial charge in [-0.15, -0.1) is 0 Å². The van der Waals surface area contributed by atoms with Gasteiger partial charge in [0.1, 0.15) is 0 Å². The molecule has 0 aliphatic carbocycles. The molecule has 0 N–H and O–H groups in total. The summed E-state index contributed by atoms with van der Waals surface area (Å²) in [6.07, 6.45) is 0.